The summed E-state index contributed by atoms with van der Waals surface area (Å²) in [5.74, 6) is 5.24. The van der Waals surface area contributed by atoms with E-state index in [0.29, 0.717) is 11.6 Å². The summed E-state index contributed by atoms with van der Waals surface area (Å²) in [6.07, 6.45) is 2.06. The van der Waals surface area contributed by atoms with Crippen molar-refractivity contribution in [1.82, 2.24) is 10.6 Å². The normalized spacial score (nSPS) is 13.0. The van der Waals surface area contributed by atoms with Gasteiger partial charge in [0.15, 0.2) is 0 Å². The first-order chi connectivity index (χ1) is 10.1. The Kier molecular flexibility index (Phi) is 4.96. The number of aryl methyl sites for hydroxylation is 1. The third kappa shape index (κ3) is 4.93. The van der Waals surface area contributed by atoms with Gasteiger partial charge in [0.2, 0.25) is 5.91 Å². The van der Waals surface area contributed by atoms with Crippen LogP contribution in [-0.2, 0) is 4.79 Å². The van der Waals surface area contributed by atoms with Crippen LogP contribution in [0.5, 0.6) is 0 Å². The molecule has 0 heterocycles. The van der Waals surface area contributed by atoms with E-state index in [-0.39, 0.29) is 24.9 Å². The Balaban J connectivity index is 1.97. The van der Waals surface area contributed by atoms with E-state index >= 15 is 0 Å². The highest BCUT2D eigenvalue weighted by Crippen LogP contribution is 2.18. The van der Waals surface area contributed by atoms with Crippen molar-refractivity contribution in [2.45, 2.75) is 25.8 Å². The van der Waals surface area contributed by atoms with Crippen molar-refractivity contribution in [2.24, 2.45) is 5.73 Å². The summed E-state index contributed by atoms with van der Waals surface area (Å²) in [4.78, 5) is 23.6. The maximum atomic E-state index is 12.1. The highest BCUT2D eigenvalue weighted by atomic mass is 16.2. The molecule has 1 aromatic carbocycles. The molecular formula is C16H19N3O2. The molecule has 0 aliphatic heterocycles. The van der Waals surface area contributed by atoms with Gasteiger partial charge in [-0.1, -0.05) is 11.8 Å². The molecule has 1 fully saturated rings. The van der Waals surface area contributed by atoms with Crippen molar-refractivity contribution < 1.29 is 9.59 Å². The van der Waals surface area contributed by atoms with Crippen LogP contribution in [0.1, 0.15) is 34.3 Å². The van der Waals surface area contributed by atoms with Crippen molar-refractivity contribution >= 4 is 11.8 Å². The molecule has 1 saturated carbocycles. The van der Waals surface area contributed by atoms with Crippen LogP contribution < -0.4 is 16.4 Å². The number of carbonyl (C=O) groups is 2. The molecule has 0 radical (unpaired) electrons. The fraction of sp³-hybridized carbons (Fsp3) is 0.375. The van der Waals surface area contributed by atoms with Crippen LogP contribution in [0.25, 0.3) is 0 Å². The van der Waals surface area contributed by atoms with Gasteiger partial charge < -0.3 is 16.4 Å². The van der Waals surface area contributed by atoms with Crippen LogP contribution in [0.15, 0.2) is 18.2 Å². The Morgan fingerprint density at radius 2 is 2.10 bits per heavy atom. The summed E-state index contributed by atoms with van der Waals surface area (Å²) < 4.78 is 0. The predicted molar refractivity (Wildman–Crippen MR) is 80.6 cm³/mol. The van der Waals surface area contributed by atoms with Gasteiger partial charge in [0, 0.05) is 17.2 Å². The van der Waals surface area contributed by atoms with Crippen LogP contribution in [-0.4, -0.2) is 30.9 Å². The van der Waals surface area contributed by atoms with Crippen LogP contribution in [0, 0.1) is 18.8 Å². The van der Waals surface area contributed by atoms with Gasteiger partial charge in [0.25, 0.3) is 5.91 Å². The molecule has 1 aliphatic carbocycles. The van der Waals surface area contributed by atoms with Gasteiger partial charge in [0.05, 0.1) is 13.1 Å². The molecule has 2 rings (SSSR count). The first-order valence-electron chi connectivity index (χ1n) is 6.96. The molecule has 1 aliphatic rings. The minimum Gasteiger partial charge on any atom is -0.352 e. The highest BCUT2D eigenvalue weighted by Gasteiger charge is 2.23. The van der Waals surface area contributed by atoms with Gasteiger partial charge in [-0.15, -0.1) is 0 Å². The summed E-state index contributed by atoms with van der Waals surface area (Å²) in [7, 11) is 0. The Hall–Kier alpha value is -2.32. The third-order valence-electron chi connectivity index (χ3n) is 3.03. The van der Waals surface area contributed by atoms with Crippen LogP contribution in [0.2, 0.25) is 0 Å². The van der Waals surface area contributed by atoms with Crippen molar-refractivity contribution in [3.05, 3.63) is 34.9 Å². The second kappa shape index (κ2) is 6.91. The molecule has 0 unspecified atom stereocenters. The number of nitrogens with two attached hydrogens (primary N) is 1. The van der Waals surface area contributed by atoms with E-state index in [1.165, 1.54) is 0 Å². The van der Waals surface area contributed by atoms with Crippen molar-refractivity contribution in [3.8, 4) is 11.8 Å². The van der Waals surface area contributed by atoms with Gasteiger partial charge in [-0.3, -0.25) is 9.59 Å². The lowest BCUT2D eigenvalue weighted by atomic mass is 10.1. The van der Waals surface area contributed by atoms with Gasteiger partial charge >= 0.3 is 0 Å². The number of nitrogens with one attached hydrogen (secondary N) is 2. The van der Waals surface area contributed by atoms with E-state index in [0.717, 1.165) is 24.0 Å². The fourth-order valence-electron chi connectivity index (χ4n) is 1.91. The van der Waals surface area contributed by atoms with Gasteiger partial charge in [-0.05, 0) is 43.5 Å². The highest BCUT2D eigenvalue weighted by molar-refractivity contribution is 5.97. The quantitative estimate of drug-likeness (QED) is 0.696. The average molecular weight is 285 g/mol. The molecule has 21 heavy (non-hydrogen) atoms. The van der Waals surface area contributed by atoms with E-state index in [2.05, 4.69) is 22.5 Å². The van der Waals surface area contributed by atoms with E-state index in [1.54, 1.807) is 12.1 Å². The largest absolute Gasteiger partial charge is 0.352 e. The number of rotatable bonds is 4. The smallest absolute Gasteiger partial charge is 0.251 e. The zero-order valence-corrected chi connectivity index (χ0v) is 12.0. The summed E-state index contributed by atoms with van der Waals surface area (Å²) in [6.45, 7) is 2.16. The summed E-state index contributed by atoms with van der Waals surface area (Å²) >= 11 is 0. The van der Waals surface area contributed by atoms with E-state index in [1.807, 2.05) is 13.0 Å². The summed E-state index contributed by atoms with van der Waals surface area (Å²) in [5, 5.41) is 5.44. The lowest BCUT2D eigenvalue weighted by Crippen LogP contribution is -2.37. The number of hydrogen-bond acceptors (Lipinski definition) is 3. The fourth-order valence-corrected chi connectivity index (χ4v) is 1.91. The molecule has 5 nitrogen and oxygen atoms in total. The molecule has 1 aromatic rings. The SMILES string of the molecule is Cc1cc(C#CCN)cc(C(=O)NCC(=O)NC2CC2)c1. The lowest BCUT2D eigenvalue weighted by Gasteiger charge is -2.07. The first-order valence-corrected chi connectivity index (χ1v) is 6.96. The Bertz CT molecular complexity index is 610. The number of amides is 2. The van der Waals surface area contributed by atoms with Gasteiger partial charge in [-0.2, -0.15) is 0 Å². The minimum absolute atomic E-state index is 0.00686. The topological polar surface area (TPSA) is 84.2 Å². The van der Waals surface area contributed by atoms with Crippen LogP contribution >= 0.6 is 0 Å². The Morgan fingerprint density at radius 3 is 2.76 bits per heavy atom. The molecule has 0 saturated heterocycles. The van der Waals surface area contributed by atoms with E-state index in [9.17, 15) is 9.59 Å². The predicted octanol–water partition coefficient (Wildman–Crippen LogP) is 0.314. The lowest BCUT2D eigenvalue weighted by molar-refractivity contribution is -0.120. The first kappa shape index (κ1) is 15.1. The van der Waals surface area contributed by atoms with Crippen molar-refractivity contribution in [3.63, 3.8) is 0 Å². The average Bonchev–Trinajstić information content (AvgIpc) is 3.25. The van der Waals surface area contributed by atoms with Gasteiger partial charge in [-0.25, -0.2) is 0 Å². The molecule has 5 heteroatoms. The molecule has 2 amide bonds. The maximum Gasteiger partial charge on any atom is 0.251 e. The summed E-state index contributed by atoms with van der Waals surface area (Å²) in [6, 6.07) is 5.65. The zero-order chi connectivity index (χ0) is 15.2. The van der Waals surface area contributed by atoms with Crippen molar-refractivity contribution in [2.75, 3.05) is 13.1 Å². The number of benzene rings is 1. The second-order valence-electron chi connectivity index (χ2n) is 5.12. The van der Waals surface area contributed by atoms with E-state index < -0.39 is 0 Å². The molecule has 0 atom stereocenters. The number of hydrogen-bond donors (Lipinski definition) is 3. The van der Waals surface area contributed by atoms with Gasteiger partial charge in [0.1, 0.15) is 0 Å². The molecule has 0 spiro atoms. The zero-order valence-electron chi connectivity index (χ0n) is 12.0. The van der Waals surface area contributed by atoms with E-state index in [4.69, 9.17) is 5.73 Å². The second-order valence-corrected chi connectivity index (χ2v) is 5.12. The third-order valence-corrected chi connectivity index (χ3v) is 3.03. The number of carbonyl (C=O) groups excluding carboxylic acids is 2. The standard InChI is InChI=1S/C16H19N3O2/c1-11-7-12(3-2-6-17)9-13(8-11)16(21)18-10-15(20)19-14-4-5-14/h7-9,14H,4-6,10,17H2,1H3,(H,18,21)(H,19,20). The maximum absolute atomic E-state index is 12.1. The minimum atomic E-state index is -0.277. The Labute approximate surface area is 124 Å². The van der Waals surface area contributed by atoms with Crippen molar-refractivity contribution in [1.29, 1.82) is 0 Å². The monoisotopic (exact) mass is 285 g/mol. The molecule has 4 N–H and O–H groups in total. The molecule has 110 valence electrons. The Morgan fingerprint density at radius 1 is 1.33 bits per heavy atom. The van der Waals surface area contributed by atoms with Crippen LogP contribution in [0.3, 0.4) is 0 Å². The van der Waals surface area contributed by atoms with Crippen LogP contribution in [0.4, 0.5) is 0 Å². The molecular weight excluding hydrogens is 266 g/mol. The summed E-state index contributed by atoms with van der Waals surface area (Å²) in [5.41, 5.74) is 7.52. The molecule has 0 aromatic heterocycles. The molecule has 0 bridgehead atoms.